The summed E-state index contributed by atoms with van der Waals surface area (Å²) in [4.78, 5) is 1.32. The van der Waals surface area contributed by atoms with E-state index in [1.807, 2.05) is 6.07 Å². The summed E-state index contributed by atoms with van der Waals surface area (Å²) in [6.07, 6.45) is -0.798. The van der Waals surface area contributed by atoms with E-state index in [9.17, 15) is 5.11 Å². The fraction of sp³-hybridized carbons (Fsp3) is 0.278. The molecule has 1 N–H and O–H groups in total. The zero-order valence-corrected chi connectivity index (χ0v) is 15.6. The van der Waals surface area contributed by atoms with Gasteiger partial charge in [0.1, 0.15) is 18.5 Å². The zero-order chi connectivity index (χ0) is 19.2. The van der Waals surface area contributed by atoms with Crippen molar-refractivity contribution >= 4 is 11.6 Å². The molecule has 0 saturated carbocycles. The minimum atomic E-state index is -0.798. The fourth-order valence-corrected chi connectivity index (χ4v) is 2.50. The van der Waals surface area contributed by atoms with E-state index < -0.39 is 6.10 Å². The van der Waals surface area contributed by atoms with Crippen molar-refractivity contribution in [1.29, 1.82) is 0 Å². The number of methoxy groups -OCH3 is 2. The minimum absolute atomic E-state index is 0.0921. The second-order valence-corrected chi connectivity index (χ2v) is 6.09. The number of ether oxygens (including phenoxy) is 3. The van der Waals surface area contributed by atoms with Gasteiger partial charge in [0.15, 0.2) is 11.5 Å². The van der Waals surface area contributed by atoms with Gasteiger partial charge in [0.25, 0.3) is 0 Å². The van der Waals surface area contributed by atoms with E-state index in [4.69, 9.17) is 25.8 Å². The Balaban J connectivity index is 1.61. The number of aliphatic hydroxyl groups excluding tert-OH is 1. The van der Waals surface area contributed by atoms with Gasteiger partial charge in [-0.3, -0.25) is 0 Å². The Hall–Kier alpha value is -2.84. The number of aromatic nitrogens is 4. The normalized spacial score (nSPS) is 11.9. The third-order valence-electron chi connectivity index (χ3n) is 3.72. The molecule has 9 heteroatoms. The molecule has 0 aliphatic rings. The van der Waals surface area contributed by atoms with Gasteiger partial charge in [-0.1, -0.05) is 11.6 Å². The molecule has 1 unspecified atom stereocenters. The average molecular weight is 391 g/mol. The van der Waals surface area contributed by atoms with Gasteiger partial charge in [-0.25, -0.2) is 0 Å². The predicted molar refractivity (Wildman–Crippen MR) is 99.3 cm³/mol. The molecule has 0 spiro atoms. The predicted octanol–water partition coefficient (Wildman–Crippen LogP) is 2.45. The number of nitrogens with zero attached hydrogens (tertiary/aromatic N) is 4. The summed E-state index contributed by atoms with van der Waals surface area (Å²) in [5.74, 6) is 2.23. The third-order valence-corrected chi connectivity index (χ3v) is 3.98. The maximum absolute atomic E-state index is 10.1. The van der Waals surface area contributed by atoms with E-state index in [1.165, 1.54) is 4.80 Å². The standard InChI is InChI=1S/C18H19ClN4O4/c1-25-16-8-3-12(9-17(16)26-2)18-20-22-23(21-18)10-14(24)11-27-15-6-4-13(19)5-7-15/h3-9,14,24H,10-11H2,1-2H3. The summed E-state index contributed by atoms with van der Waals surface area (Å²) < 4.78 is 16.0. The lowest BCUT2D eigenvalue weighted by molar-refractivity contribution is 0.0850. The first-order valence-electron chi connectivity index (χ1n) is 8.15. The van der Waals surface area contributed by atoms with Gasteiger partial charge in [0.05, 0.1) is 20.8 Å². The molecular weight excluding hydrogens is 372 g/mol. The second-order valence-electron chi connectivity index (χ2n) is 5.66. The summed E-state index contributed by atoms with van der Waals surface area (Å²) >= 11 is 5.82. The van der Waals surface area contributed by atoms with Crippen molar-refractivity contribution in [2.45, 2.75) is 12.6 Å². The van der Waals surface area contributed by atoms with Crippen molar-refractivity contribution in [1.82, 2.24) is 20.2 Å². The highest BCUT2D eigenvalue weighted by Gasteiger charge is 2.13. The van der Waals surface area contributed by atoms with Gasteiger partial charge < -0.3 is 19.3 Å². The van der Waals surface area contributed by atoms with E-state index in [2.05, 4.69) is 15.4 Å². The average Bonchev–Trinajstić information content (AvgIpc) is 3.15. The molecule has 0 aliphatic carbocycles. The van der Waals surface area contributed by atoms with Crippen LogP contribution in [-0.4, -0.2) is 52.2 Å². The first-order valence-corrected chi connectivity index (χ1v) is 8.53. The summed E-state index contributed by atoms with van der Waals surface area (Å²) in [5.41, 5.74) is 0.728. The van der Waals surface area contributed by atoms with Crippen molar-refractivity contribution < 1.29 is 19.3 Å². The van der Waals surface area contributed by atoms with Gasteiger partial charge in [0, 0.05) is 10.6 Å². The number of aliphatic hydroxyl groups is 1. The van der Waals surface area contributed by atoms with Gasteiger partial charge in [-0.15, -0.1) is 10.2 Å². The van der Waals surface area contributed by atoms with Crippen LogP contribution < -0.4 is 14.2 Å². The molecule has 0 saturated heterocycles. The van der Waals surface area contributed by atoms with E-state index in [0.717, 1.165) is 5.56 Å². The number of benzene rings is 2. The number of tetrazole rings is 1. The summed E-state index contributed by atoms with van der Waals surface area (Å²) in [5, 5.41) is 23.0. The molecular formula is C18H19ClN4O4. The fourth-order valence-electron chi connectivity index (χ4n) is 2.38. The van der Waals surface area contributed by atoms with E-state index >= 15 is 0 Å². The highest BCUT2D eigenvalue weighted by atomic mass is 35.5. The van der Waals surface area contributed by atoms with Crippen LogP contribution in [0.1, 0.15) is 0 Å². The van der Waals surface area contributed by atoms with Gasteiger partial charge in [-0.2, -0.15) is 4.80 Å². The van der Waals surface area contributed by atoms with Crippen LogP contribution in [0.4, 0.5) is 0 Å². The first-order chi connectivity index (χ1) is 13.1. The number of hydrogen-bond donors (Lipinski definition) is 1. The Labute approximate surface area is 161 Å². The SMILES string of the molecule is COc1ccc(-c2nnn(CC(O)COc3ccc(Cl)cc3)n2)cc1OC. The number of halogens is 1. The van der Waals surface area contributed by atoms with Crippen LogP contribution in [0.3, 0.4) is 0 Å². The highest BCUT2D eigenvalue weighted by Crippen LogP contribution is 2.30. The second kappa shape index (κ2) is 8.70. The number of rotatable bonds is 8. The van der Waals surface area contributed by atoms with E-state index in [-0.39, 0.29) is 13.2 Å². The van der Waals surface area contributed by atoms with Crippen molar-refractivity contribution in [3.05, 3.63) is 47.5 Å². The van der Waals surface area contributed by atoms with Crippen LogP contribution in [0.5, 0.6) is 17.2 Å². The Morgan fingerprint density at radius 3 is 2.52 bits per heavy atom. The molecule has 3 rings (SSSR count). The van der Waals surface area contributed by atoms with E-state index in [0.29, 0.717) is 28.1 Å². The lowest BCUT2D eigenvalue weighted by atomic mass is 10.2. The van der Waals surface area contributed by atoms with Crippen LogP contribution >= 0.6 is 11.6 Å². The molecule has 0 aliphatic heterocycles. The number of hydrogen-bond acceptors (Lipinski definition) is 7. The zero-order valence-electron chi connectivity index (χ0n) is 14.9. The first kappa shape index (κ1) is 18.9. The molecule has 142 valence electrons. The smallest absolute Gasteiger partial charge is 0.205 e. The summed E-state index contributed by atoms with van der Waals surface area (Å²) in [7, 11) is 3.13. The van der Waals surface area contributed by atoms with Crippen LogP contribution in [0, 0.1) is 0 Å². The Bertz CT molecular complexity index is 885. The monoisotopic (exact) mass is 390 g/mol. The highest BCUT2D eigenvalue weighted by molar-refractivity contribution is 6.30. The Morgan fingerprint density at radius 1 is 1.07 bits per heavy atom. The van der Waals surface area contributed by atoms with Crippen molar-refractivity contribution in [3.63, 3.8) is 0 Å². The molecule has 0 amide bonds. The van der Waals surface area contributed by atoms with Gasteiger partial charge in [-0.05, 0) is 47.7 Å². The van der Waals surface area contributed by atoms with Crippen molar-refractivity contribution in [3.8, 4) is 28.6 Å². The third kappa shape index (κ3) is 4.87. The van der Waals surface area contributed by atoms with Crippen LogP contribution in [0.15, 0.2) is 42.5 Å². The van der Waals surface area contributed by atoms with E-state index in [1.54, 1.807) is 50.6 Å². The summed E-state index contributed by atoms with van der Waals surface area (Å²) in [6, 6.07) is 12.2. The topological polar surface area (TPSA) is 91.5 Å². The van der Waals surface area contributed by atoms with Gasteiger partial charge in [0.2, 0.25) is 5.82 Å². The molecule has 1 aromatic heterocycles. The quantitative estimate of drug-likeness (QED) is 0.631. The minimum Gasteiger partial charge on any atom is -0.493 e. The lowest BCUT2D eigenvalue weighted by Crippen LogP contribution is -2.24. The molecule has 1 atom stereocenters. The summed E-state index contributed by atoms with van der Waals surface area (Å²) in [6.45, 7) is 0.239. The Morgan fingerprint density at radius 2 is 1.81 bits per heavy atom. The Kier molecular flexibility index (Phi) is 6.10. The largest absolute Gasteiger partial charge is 0.493 e. The van der Waals surface area contributed by atoms with Crippen LogP contribution in [-0.2, 0) is 6.54 Å². The molecule has 3 aromatic rings. The molecule has 1 heterocycles. The van der Waals surface area contributed by atoms with Crippen molar-refractivity contribution in [2.75, 3.05) is 20.8 Å². The molecule has 27 heavy (non-hydrogen) atoms. The molecule has 0 bridgehead atoms. The van der Waals surface area contributed by atoms with Crippen LogP contribution in [0.2, 0.25) is 5.02 Å². The molecule has 2 aromatic carbocycles. The maximum atomic E-state index is 10.1. The molecule has 0 radical (unpaired) electrons. The van der Waals surface area contributed by atoms with Gasteiger partial charge >= 0.3 is 0 Å². The van der Waals surface area contributed by atoms with Crippen molar-refractivity contribution in [2.24, 2.45) is 0 Å². The molecule has 8 nitrogen and oxygen atoms in total. The maximum Gasteiger partial charge on any atom is 0.205 e. The van der Waals surface area contributed by atoms with Crippen LogP contribution in [0.25, 0.3) is 11.4 Å². The lowest BCUT2D eigenvalue weighted by Gasteiger charge is -2.11. The molecule has 0 fully saturated rings.